The lowest BCUT2D eigenvalue weighted by atomic mass is 10.2. The fraction of sp³-hybridized carbons (Fsp3) is 0.308. The lowest BCUT2D eigenvalue weighted by molar-refractivity contribution is -0.139. The predicted molar refractivity (Wildman–Crippen MR) is 74.0 cm³/mol. The molecule has 1 atom stereocenters. The zero-order chi connectivity index (χ0) is 16.8. The highest BCUT2D eigenvalue weighted by Gasteiger charge is 2.12. The summed E-state index contributed by atoms with van der Waals surface area (Å²) in [5, 5.41) is 33.6. The van der Waals surface area contributed by atoms with Gasteiger partial charge >= 0.3 is 11.9 Å². The van der Waals surface area contributed by atoms with Gasteiger partial charge in [-0.05, 0) is 25.5 Å². The number of nitrogens with two attached hydrogens (primary N) is 1. The van der Waals surface area contributed by atoms with Crippen LogP contribution in [0.15, 0.2) is 24.3 Å². The Hall–Kier alpha value is -2.61. The van der Waals surface area contributed by atoms with Crippen LogP contribution in [0.25, 0.3) is 0 Å². The highest BCUT2D eigenvalue weighted by Crippen LogP contribution is 2.21. The Labute approximate surface area is 121 Å². The molecular formula is C13H19NO7. The molecule has 8 heteroatoms. The highest BCUT2D eigenvalue weighted by atomic mass is 16.4. The molecule has 0 aromatic heterocycles. The van der Waals surface area contributed by atoms with E-state index in [1.54, 1.807) is 12.1 Å². The lowest BCUT2D eigenvalue weighted by Crippen LogP contribution is -2.30. The molecule has 1 rings (SSSR count). The number of carboxylic acids is 2. The van der Waals surface area contributed by atoms with E-state index in [1.807, 2.05) is 0 Å². The van der Waals surface area contributed by atoms with Crippen molar-refractivity contribution in [1.29, 1.82) is 0 Å². The number of aromatic hydroxyl groups is 2. The third-order valence-corrected chi connectivity index (χ3v) is 1.87. The molecule has 0 spiro atoms. The van der Waals surface area contributed by atoms with Gasteiger partial charge in [-0.15, -0.1) is 0 Å². The molecule has 1 aromatic rings. The number of para-hydroxylation sites is 2. The number of rotatable bonds is 4. The molecule has 1 unspecified atom stereocenters. The maximum absolute atomic E-state index is 9.99. The second kappa shape index (κ2) is 12.4. The number of hydrogen-bond acceptors (Lipinski definition) is 6. The Morgan fingerprint density at radius 2 is 1.57 bits per heavy atom. The molecule has 0 amide bonds. The van der Waals surface area contributed by atoms with Crippen LogP contribution in [-0.4, -0.2) is 44.7 Å². The first kappa shape index (κ1) is 20.7. The van der Waals surface area contributed by atoms with Crippen molar-refractivity contribution in [2.45, 2.75) is 25.8 Å². The molecule has 0 saturated carbocycles. The standard InChI is InChI=1S/C6H6O2.C5H9NO4.C2H4O/c7-5-3-1-2-4-6(5)8;6-3(5(9)10)1-2-4(7)8;1-2-3/h1-4,7-8H;3H,1-2,6H2,(H,7,8)(H,9,10);2H,1H3. The molecule has 21 heavy (non-hydrogen) atoms. The van der Waals surface area contributed by atoms with Gasteiger partial charge in [-0.1, -0.05) is 12.1 Å². The van der Waals surface area contributed by atoms with E-state index in [-0.39, 0.29) is 24.3 Å². The van der Waals surface area contributed by atoms with Crippen LogP contribution in [0.3, 0.4) is 0 Å². The van der Waals surface area contributed by atoms with Gasteiger partial charge in [0.2, 0.25) is 0 Å². The summed E-state index contributed by atoms with van der Waals surface area (Å²) in [5.41, 5.74) is 5.00. The average Bonchev–Trinajstić information content (AvgIpc) is 2.41. The van der Waals surface area contributed by atoms with Crippen molar-refractivity contribution >= 4 is 18.2 Å². The Morgan fingerprint density at radius 1 is 1.19 bits per heavy atom. The van der Waals surface area contributed by atoms with Crippen LogP contribution < -0.4 is 5.73 Å². The molecule has 0 saturated heterocycles. The van der Waals surface area contributed by atoms with Crippen molar-refractivity contribution in [3.8, 4) is 11.5 Å². The van der Waals surface area contributed by atoms with Crippen LogP contribution in [0.5, 0.6) is 11.5 Å². The first-order valence-electron chi connectivity index (χ1n) is 5.83. The third-order valence-electron chi connectivity index (χ3n) is 1.87. The summed E-state index contributed by atoms with van der Waals surface area (Å²) in [6.45, 7) is 1.44. The van der Waals surface area contributed by atoms with E-state index in [0.717, 1.165) is 6.29 Å². The van der Waals surface area contributed by atoms with Crippen LogP contribution in [0.1, 0.15) is 19.8 Å². The molecule has 0 radical (unpaired) electrons. The monoisotopic (exact) mass is 301 g/mol. The van der Waals surface area contributed by atoms with E-state index in [4.69, 9.17) is 31.0 Å². The van der Waals surface area contributed by atoms with E-state index in [1.165, 1.54) is 19.1 Å². The van der Waals surface area contributed by atoms with E-state index < -0.39 is 18.0 Å². The molecule has 0 fully saturated rings. The van der Waals surface area contributed by atoms with Gasteiger partial charge in [0, 0.05) is 6.42 Å². The number of phenols is 2. The van der Waals surface area contributed by atoms with Crippen molar-refractivity contribution in [3.05, 3.63) is 24.3 Å². The van der Waals surface area contributed by atoms with Crippen molar-refractivity contribution in [1.82, 2.24) is 0 Å². The van der Waals surface area contributed by atoms with Gasteiger partial charge < -0.3 is 31.0 Å². The van der Waals surface area contributed by atoms with E-state index in [0.29, 0.717) is 0 Å². The van der Waals surface area contributed by atoms with Crippen LogP contribution >= 0.6 is 0 Å². The minimum absolute atomic E-state index is 0.0231. The van der Waals surface area contributed by atoms with Gasteiger partial charge in [0.05, 0.1) is 0 Å². The predicted octanol–water partition coefficient (Wildman–Crippen LogP) is 0.566. The zero-order valence-electron chi connectivity index (χ0n) is 11.5. The fourth-order valence-corrected chi connectivity index (χ4v) is 0.867. The molecule has 0 aliphatic heterocycles. The number of benzene rings is 1. The van der Waals surface area contributed by atoms with Crippen LogP contribution in [-0.2, 0) is 14.4 Å². The fourth-order valence-electron chi connectivity index (χ4n) is 0.867. The van der Waals surface area contributed by atoms with Gasteiger partial charge in [0.1, 0.15) is 12.3 Å². The summed E-state index contributed by atoms with van der Waals surface area (Å²) in [6, 6.07) is 5.09. The first-order valence-corrected chi connectivity index (χ1v) is 5.83. The second-order valence-electron chi connectivity index (χ2n) is 3.60. The van der Waals surface area contributed by atoms with Gasteiger partial charge in [-0.3, -0.25) is 9.59 Å². The van der Waals surface area contributed by atoms with Crippen LogP contribution in [0.4, 0.5) is 0 Å². The van der Waals surface area contributed by atoms with Gasteiger partial charge in [0.25, 0.3) is 0 Å². The first-order chi connectivity index (χ1) is 9.76. The number of carbonyl (C=O) groups is 3. The minimum Gasteiger partial charge on any atom is -0.504 e. The Bertz CT molecular complexity index is 427. The topological polar surface area (TPSA) is 158 Å². The number of aliphatic carboxylic acids is 2. The molecule has 6 N–H and O–H groups in total. The Morgan fingerprint density at radius 3 is 1.81 bits per heavy atom. The van der Waals surface area contributed by atoms with Crippen LogP contribution in [0, 0.1) is 0 Å². The molecule has 0 aliphatic carbocycles. The summed E-state index contributed by atoms with van der Waals surface area (Å²) in [7, 11) is 0. The molecule has 0 bridgehead atoms. The van der Waals surface area contributed by atoms with Gasteiger partial charge in [-0.2, -0.15) is 0 Å². The Balaban J connectivity index is 0. The molecular weight excluding hydrogens is 282 g/mol. The van der Waals surface area contributed by atoms with Crippen molar-refractivity contribution < 1.29 is 34.8 Å². The maximum atomic E-state index is 9.99. The van der Waals surface area contributed by atoms with Gasteiger partial charge in [-0.25, -0.2) is 0 Å². The summed E-state index contributed by atoms with van der Waals surface area (Å²) >= 11 is 0. The third kappa shape index (κ3) is 13.6. The molecule has 1 aromatic carbocycles. The number of phenolic OH excluding ortho intramolecular Hbond substituents is 2. The normalized spacial score (nSPS) is 10.0. The highest BCUT2D eigenvalue weighted by molar-refractivity contribution is 5.74. The molecule has 8 nitrogen and oxygen atoms in total. The summed E-state index contributed by atoms with van der Waals surface area (Å²) in [4.78, 5) is 28.7. The van der Waals surface area contributed by atoms with E-state index in [9.17, 15) is 9.59 Å². The SMILES string of the molecule is CC=O.NC(CCC(=O)O)C(=O)O.Oc1ccccc1O. The summed E-state index contributed by atoms with van der Waals surface area (Å²) < 4.78 is 0. The van der Waals surface area contributed by atoms with E-state index >= 15 is 0 Å². The second-order valence-corrected chi connectivity index (χ2v) is 3.60. The van der Waals surface area contributed by atoms with Crippen molar-refractivity contribution in [2.75, 3.05) is 0 Å². The van der Waals surface area contributed by atoms with Crippen LogP contribution in [0.2, 0.25) is 0 Å². The average molecular weight is 301 g/mol. The minimum atomic E-state index is -1.17. The zero-order valence-corrected chi connectivity index (χ0v) is 11.5. The molecule has 0 aliphatic rings. The Kier molecular flexibility index (Phi) is 12.2. The van der Waals surface area contributed by atoms with Gasteiger partial charge in [0.15, 0.2) is 11.5 Å². The quantitative estimate of drug-likeness (QED) is 0.398. The largest absolute Gasteiger partial charge is 0.504 e. The molecule has 0 heterocycles. The lowest BCUT2D eigenvalue weighted by Gasteiger charge is -2.01. The molecule has 118 valence electrons. The smallest absolute Gasteiger partial charge is 0.320 e. The number of aldehydes is 1. The summed E-state index contributed by atoms with van der Waals surface area (Å²) in [6.07, 6.45) is 0.526. The summed E-state index contributed by atoms with van der Waals surface area (Å²) in [5.74, 6) is -2.35. The number of carbonyl (C=O) groups excluding carboxylic acids is 1. The van der Waals surface area contributed by atoms with Crippen molar-refractivity contribution in [2.24, 2.45) is 5.73 Å². The number of hydrogen-bond donors (Lipinski definition) is 5. The van der Waals surface area contributed by atoms with Crippen molar-refractivity contribution in [3.63, 3.8) is 0 Å². The maximum Gasteiger partial charge on any atom is 0.320 e. The number of carboxylic acid groups (broad SMARTS) is 2. The van der Waals surface area contributed by atoms with E-state index in [2.05, 4.69) is 0 Å².